The molecule has 8 heteroatoms. The van der Waals surface area contributed by atoms with Crippen LogP contribution in [-0.4, -0.2) is 43.3 Å². The standard InChI is InChI=1S/C22H27N3O4S/c1-4-15(2)29-19-11-7-17(8-12-19)21(27)25-22(30)24-18-9-5-16(6-10-18)20(26)23-13-14-28-3/h5-12,15H,4,13-14H2,1-3H3,(H,23,26)(H2,24,25,27,30). The highest BCUT2D eigenvalue weighted by molar-refractivity contribution is 7.80. The minimum absolute atomic E-state index is 0.115. The SMILES string of the molecule is CCC(C)Oc1ccc(C(=O)NC(=S)Nc2ccc(C(=O)NCCOC)cc2)cc1. The molecule has 0 bridgehead atoms. The molecule has 30 heavy (non-hydrogen) atoms. The fourth-order valence-corrected chi connectivity index (χ4v) is 2.62. The molecule has 2 aromatic rings. The first-order valence-corrected chi connectivity index (χ1v) is 10.1. The van der Waals surface area contributed by atoms with E-state index in [2.05, 4.69) is 16.0 Å². The molecule has 0 aromatic heterocycles. The molecule has 0 aliphatic carbocycles. The quantitative estimate of drug-likeness (QED) is 0.418. The van der Waals surface area contributed by atoms with Crippen LogP contribution in [-0.2, 0) is 4.74 Å². The topological polar surface area (TPSA) is 88.7 Å². The smallest absolute Gasteiger partial charge is 0.257 e. The fourth-order valence-electron chi connectivity index (χ4n) is 2.41. The molecule has 0 saturated heterocycles. The van der Waals surface area contributed by atoms with Gasteiger partial charge in [0.05, 0.1) is 12.7 Å². The molecule has 1 unspecified atom stereocenters. The fraction of sp³-hybridized carbons (Fsp3) is 0.318. The Bertz CT molecular complexity index is 854. The van der Waals surface area contributed by atoms with E-state index in [1.165, 1.54) is 0 Å². The molecular formula is C22H27N3O4S. The predicted octanol–water partition coefficient (Wildman–Crippen LogP) is 3.37. The van der Waals surface area contributed by atoms with Crippen LogP contribution in [0, 0.1) is 0 Å². The van der Waals surface area contributed by atoms with Crippen LogP contribution in [0.2, 0.25) is 0 Å². The van der Waals surface area contributed by atoms with Gasteiger partial charge in [-0.05, 0) is 74.1 Å². The van der Waals surface area contributed by atoms with Crippen LogP contribution in [0.15, 0.2) is 48.5 Å². The zero-order chi connectivity index (χ0) is 21.9. The summed E-state index contributed by atoms with van der Waals surface area (Å²) in [5.74, 6) is 0.208. The first-order valence-electron chi connectivity index (χ1n) is 9.69. The van der Waals surface area contributed by atoms with E-state index >= 15 is 0 Å². The Kier molecular flexibility index (Phi) is 9.24. The van der Waals surface area contributed by atoms with Gasteiger partial charge in [0.2, 0.25) is 0 Å². The van der Waals surface area contributed by atoms with E-state index in [4.69, 9.17) is 21.7 Å². The van der Waals surface area contributed by atoms with E-state index in [0.29, 0.717) is 35.7 Å². The molecule has 0 radical (unpaired) electrons. The summed E-state index contributed by atoms with van der Waals surface area (Å²) >= 11 is 5.20. The predicted molar refractivity (Wildman–Crippen MR) is 121 cm³/mol. The van der Waals surface area contributed by atoms with E-state index in [1.807, 2.05) is 13.8 Å². The number of amides is 2. The van der Waals surface area contributed by atoms with Gasteiger partial charge in [0.15, 0.2) is 5.11 Å². The van der Waals surface area contributed by atoms with Crippen molar-refractivity contribution in [2.24, 2.45) is 0 Å². The van der Waals surface area contributed by atoms with Crippen LogP contribution in [0.5, 0.6) is 5.75 Å². The number of carbonyl (C=O) groups is 2. The van der Waals surface area contributed by atoms with Gasteiger partial charge in [-0.3, -0.25) is 14.9 Å². The molecule has 0 spiro atoms. The van der Waals surface area contributed by atoms with Gasteiger partial charge in [-0.25, -0.2) is 0 Å². The van der Waals surface area contributed by atoms with E-state index in [0.717, 1.165) is 6.42 Å². The number of ether oxygens (including phenoxy) is 2. The summed E-state index contributed by atoms with van der Waals surface area (Å²) in [5.41, 5.74) is 1.65. The zero-order valence-electron chi connectivity index (χ0n) is 17.4. The Labute approximate surface area is 182 Å². The van der Waals surface area contributed by atoms with Gasteiger partial charge >= 0.3 is 0 Å². The second kappa shape index (κ2) is 11.9. The minimum Gasteiger partial charge on any atom is -0.491 e. The molecule has 0 aliphatic heterocycles. The molecule has 7 nitrogen and oxygen atoms in total. The number of anilines is 1. The first-order chi connectivity index (χ1) is 14.4. The molecular weight excluding hydrogens is 402 g/mol. The molecule has 0 aliphatic rings. The number of benzene rings is 2. The summed E-state index contributed by atoms with van der Waals surface area (Å²) < 4.78 is 10.6. The Morgan fingerprint density at radius 1 is 1.00 bits per heavy atom. The molecule has 2 amide bonds. The number of hydrogen-bond donors (Lipinski definition) is 3. The third kappa shape index (κ3) is 7.46. The van der Waals surface area contributed by atoms with Gasteiger partial charge in [0.25, 0.3) is 11.8 Å². The second-order valence-corrected chi connectivity index (χ2v) is 7.00. The summed E-state index contributed by atoms with van der Waals surface area (Å²) in [5, 5.41) is 8.47. The first kappa shape index (κ1) is 23.3. The Balaban J connectivity index is 1.86. The van der Waals surface area contributed by atoms with Crippen molar-refractivity contribution in [1.29, 1.82) is 0 Å². The lowest BCUT2D eigenvalue weighted by Crippen LogP contribution is -2.34. The number of methoxy groups -OCH3 is 1. The summed E-state index contributed by atoms with van der Waals surface area (Å²) in [7, 11) is 1.58. The van der Waals surface area contributed by atoms with Crippen molar-refractivity contribution in [2.75, 3.05) is 25.6 Å². The molecule has 160 valence electrons. The van der Waals surface area contributed by atoms with Crippen LogP contribution in [0.4, 0.5) is 5.69 Å². The maximum atomic E-state index is 12.4. The van der Waals surface area contributed by atoms with Gasteiger partial charge in [0, 0.05) is 30.5 Å². The Morgan fingerprint density at radius 2 is 1.60 bits per heavy atom. The minimum atomic E-state index is -0.322. The van der Waals surface area contributed by atoms with Crippen LogP contribution in [0.1, 0.15) is 41.0 Å². The van der Waals surface area contributed by atoms with Crippen LogP contribution in [0.25, 0.3) is 0 Å². The van der Waals surface area contributed by atoms with Crippen molar-refractivity contribution in [2.45, 2.75) is 26.4 Å². The second-order valence-electron chi connectivity index (χ2n) is 6.60. The van der Waals surface area contributed by atoms with Gasteiger partial charge in [-0.15, -0.1) is 0 Å². The highest BCUT2D eigenvalue weighted by atomic mass is 32.1. The third-order valence-corrected chi connectivity index (χ3v) is 4.46. The highest BCUT2D eigenvalue weighted by Crippen LogP contribution is 2.15. The van der Waals surface area contributed by atoms with E-state index in [-0.39, 0.29) is 23.0 Å². The van der Waals surface area contributed by atoms with Crippen molar-refractivity contribution >= 4 is 34.8 Å². The lowest BCUT2D eigenvalue weighted by molar-refractivity contribution is 0.0935. The number of hydrogen-bond acceptors (Lipinski definition) is 5. The zero-order valence-corrected chi connectivity index (χ0v) is 18.2. The number of nitrogens with one attached hydrogen (secondary N) is 3. The lowest BCUT2D eigenvalue weighted by atomic mass is 10.2. The normalized spacial score (nSPS) is 11.3. The van der Waals surface area contributed by atoms with Crippen LogP contribution in [0.3, 0.4) is 0 Å². The van der Waals surface area contributed by atoms with E-state index < -0.39 is 0 Å². The van der Waals surface area contributed by atoms with Crippen LogP contribution < -0.4 is 20.7 Å². The number of carbonyl (C=O) groups excluding carboxylic acids is 2. The molecule has 1 atom stereocenters. The lowest BCUT2D eigenvalue weighted by Gasteiger charge is -2.13. The van der Waals surface area contributed by atoms with Crippen molar-refractivity contribution in [3.63, 3.8) is 0 Å². The molecule has 2 rings (SSSR count). The molecule has 3 N–H and O–H groups in total. The average Bonchev–Trinajstić information content (AvgIpc) is 2.74. The van der Waals surface area contributed by atoms with Crippen molar-refractivity contribution in [3.05, 3.63) is 59.7 Å². The summed E-state index contributed by atoms with van der Waals surface area (Å²) in [6.07, 6.45) is 1.02. The van der Waals surface area contributed by atoms with Crippen molar-refractivity contribution in [3.8, 4) is 5.75 Å². The van der Waals surface area contributed by atoms with Gasteiger partial charge < -0.3 is 20.1 Å². The van der Waals surface area contributed by atoms with E-state index in [9.17, 15) is 9.59 Å². The molecule has 2 aromatic carbocycles. The van der Waals surface area contributed by atoms with Gasteiger partial charge in [-0.1, -0.05) is 6.92 Å². The Morgan fingerprint density at radius 3 is 2.20 bits per heavy atom. The number of thiocarbonyl (C=S) groups is 1. The van der Waals surface area contributed by atoms with Gasteiger partial charge in [-0.2, -0.15) is 0 Å². The molecule has 0 heterocycles. The highest BCUT2D eigenvalue weighted by Gasteiger charge is 2.10. The van der Waals surface area contributed by atoms with Crippen molar-refractivity contribution in [1.82, 2.24) is 10.6 Å². The molecule has 0 saturated carbocycles. The maximum Gasteiger partial charge on any atom is 0.257 e. The summed E-state index contributed by atoms with van der Waals surface area (Å²) in [4.78, 5) is 24.3. The van der Waals surface area contributed by atoms with Gasteiger partial charge in [0.1, 0.15) is 5.75 Å². The summed E-state index contributed by atoms with van der Waals surface area (Å²) in [6.45, 7) is 4.93. The molecule has 0 fully saturated rings. The third-order valence-electron chi connectivity index (χ3n) is 4.25. The summed E-state index contributed by atoms with van der Waals surface area (Å²) in [6, 6.07) is 13.7. The number of rotatable bonds is 9. The average molecular weight is 430 g/mol. The Hall–Kier alpha value is -2.97. The van der Waals surface area contributed by atoms with Crippen LogP contribution >= 0.6 is 12.2 Å². The van der Waals surface area contributed by atoms with E-state index in [1.54, 1.807) is 55.6 Å². The monoisotopic (exact) mass is 429 g/mol. The maximum absolute atomic E-state index is 12.4. The largest absolute Gasteiger partial charge is 0.491 e. The van der Waals surface area contributed by atoms with Crippen molar-refractivity contribution < 1.29 is 19.1 Å².